The molecule has 180 valence electrons. The molecule has 0 aliphatic carbocycles. The highest BCUT2D eigenvalue weighted by molar-refractivity contribution is 14.1. The van der Waals surface area contributed by atoms with Crippen molar-refractivity contribution in [1.29, 1.82) is 0 Å². The second-order valence-corrected chi connectivity index (χ2v) is 10.9. The number of benzene rings is 2. The smallest absolute Gasteiger partial charge is 0.251 e. The molecule has 3 rings (SSSR count). The highest BCUT2D eigenvalue weighted by atomic mass is 127. The molecule has 0 saturated carbocycles. The van der Waals surface area contributed by atoms with Gasteiger partial charge in [-0.15, -0.1) is 10.2 Å². The predicted molar refractivity (Wildman–Crippen MR) is 145 cm³/mol. The lowest BCUT2D eigenvalue weighted by atomic mass is 10.0. The molecule has 1 heterocycles. The summed E-state index contributed by atoms with van der Waals surface area (Å²) in [7, 11) is 1.86. The van der Waals surface area contributed by atoms with Crippen molar-refractivity contribution in [3.8, 4) is 0 Å². The molecule has 0 spiro atoms. The number of amides is 2. The Bertz CT molecular complexity index is 1180. The first kappa shape index (κ1) is 26.2. The number of halogens is 1. The van der Waals surface area contributed by atoms with Crippen LogP contribution >= 0.6 is 34.4 Å². The largest absolute Gasteiger partial charge is 0.342 e. The molecule has 9 heteroatoms. The highest BCUT2D eigenvalue weighted by Gasteiger charge is 2.25. The molecule has 0 fully saturated rings. The van der Waals surface area contributed by atoms with Crippen molar-refractivity contribution in [2.75, 3.05) is 11.1 Å². The van der Waals surface area contributed by atoms with Gasteiger partial charge in [0.2, 0.25) is 5.91 Å². The van der Waals surface area contributed by atoms with Crippen LogP contribution in [0, 0.1) is 30.3 Å². The van der Waals surface area contributed by atoms with Crippen molar-refractivity contribution in [3.63, 3.8) is 0 Å². The molecule has 0 bridgehead atoms. The lowest BCUT2D eigenvalue weighted by Gasteiger charge is -2.22. The SMILES string of the molecule is Cc1cccc(C(=O)N[C@H](c2nnc(SCC(=O)Nc3c(C)cc(I)cc3C)n2C)C(C)C)c1. The van der Waals surface area contributed by atoms with Gasteiger partial charge >= 0.3 is 0 Å². The number of aryl methyl sites for hydroxylation is 3. The molecular weight excluding hydrogens is 561 g/mol. The van der Waals surface area contributed by atoms with Crippen LogP contribution in [-0.2, 0) is 11.8 Å². The van der Waals surface area contributed by atoms with Crippen LogP contribution in [0.25, 0.3) is 0 Å². The number of aromatic nitrogens is 3. The molecule has 0 unspecified atom stereocenters. The van der Waals surface area contributed by atoms with E-state index in [9.17, 15) is 9.59 Å². The van der Waals surface area contributed by atoms with Gasteiger partial charge in [0.1, 0.15) is 0 Å². The zero-order valence-corrected chi connectivity index (χ0v) is 23.2. The summed E-state index contributed by atoms with van der Waals surface area (Å²) in [6, 6.07) is 11.3. The lowest BCUT2D eigenvalue weighted by molar-refractivity contribution is -0.113. The Morgan fingerprint density at radius 2 is 1.76 bits per heavy atom. The number of rotatable bonds is 8. The first-order chi connectivity index (χ1) is 16.1. The summed E-state index contributed by atoms with van der Waals surface area (Å²) in [6.07, 6.45) is 0. The molecular formula is C25H30IN5O2S. The van der Waals surface area contributed by atoms with E-state index >= 15 is 0 Å². The minimum atomic E-state index is -0.314. The van der Waals surface area contributed by atoms with Crippen LogP contribution < -0.4 is 10.6 Å². The van der Waals surface area contributed by atoms with Gasteiger partial charge in [-0.2, -0.15) is 0 Å². The first-order valence-electron chi connectivity index (χ1n) is 11.0. The lowest BCUT2D eigenvalue weighted by Crippen LogP contribution is -2.33. The fourth-order valence-corrected chi connectivity index (χ4v) is 5.33. The van der Waals surface area contributed by atoms with Gasteiger partial charge in [-0.3, -0.25) is 9.59 Å². The van der Waals surface area contributed by atoms with Crippen molar-refractivity contribution < 1.29 is 9.59 Å². The van der Waals surface area contributed by atoms with E-state index in [1.807, 2.05) is 76.6 Å². The zero-order valence-electron chi connectivity index (χ0n) is 20.3. The van der Waals surface area contributed by atoms with Crippen LogP contribution in [0.3, 0.4) is 0 Å². The number of hydrogen-bond acceptors (Lipinski definition) is 5. The number of thioether (sulfide) groups is 1. The van der Waals surface area contributed by atoms with Crippen LogP contribution in [0.4, 0.5) is 5.69 Å². The van der Waals surface area contributed by atoms with Crippen LogP contribution in [0.15, 0.2) is 41.6 Å². The predicted octanol–water partition coefficient (Wildman–Crippen LogP) is 5.20. The zero-order chi connectivity index (χ0) is 25.0. The standard InChI is InChI=1S/C25H30IN5O2S/c1-14(2)21(28-24(33)18-9-7-8-15(3)10-18)23-29-30-25(31(23)6)34-13-20(32)27-22-16(4)11-19(26)12-17(22)5/h7-12,14,21H,13H2,1-6H3,(H,27,32)(H,28,33)/t21-/m0/s1. The van der Waals surface area contributed by atoms with Crippen molar-refractivity contribution >= 4 is 51.9 Å². The third kappa shape index (κ3) is 6.38. The summed E-state index contributed by atoms with van der Waals surface area (Å²) in [5, 5.41) is 15.4. The third-order valence-corrected chi connectivity index (χ3v) is 7.12. The van der Waals surface area contributed by atoms with E-state index < -0.39 is 0 Å². The van der Waals surface area contributed by atoms with Crippen LogP contribution in [0.2, 0.25) is 0 Å². The first-order valence-corrected chi connectivity index (χ1v) is 13.1. The summed E-state index contributed by atoms with van der Waals surface area (Å²) in [6.45, 7) is 10.00. The second-order valence-electron chi connectivity index (χ2n) is 8.72. The normalized spacial score (nSPS) is 12.0. The molecule has 1 atom stereocenters. The monoisotopic (exact) mass is 591 g/mol. The Hall–Kier alpha value is -2.40. The van der Waals surface area contributed by atoms with Crippen molar-refractivity contribution in [2.45, 2.75) is 45.8 Å². The summed E-state index contributed by atoms with van der Waals surface area (Å²) in [5.41, 5.74) is 4.56. The number of anilines is 1. The van der Waals surface area contributed by atoms with Gasteiger partial charge in [-0.05, 0) is 84.7 Å². The second kappa shape index (κ2) is 11.4. The fourth-order valence-electron chi connectivity index (χ4n) is 3.68. The van der Waals surface area contributed by atoms with Gasteiger partial charge in [-0.1, -0.05) is 43.3 Å². The fraction of sp³-hybridized carbons (Fsp3) is 0.360. The number of hydrogen-bond donors (Lipinski definition) is 2. The Kier molecular flexibility index (Phi) is 8.75. The Balaban J connectivity index is 1.69. The van der Waals surface area contributed by atoms with E-state index in [0.717, 1.165) is 25.9 Å². The Morgan fingerprint density at radius 1 is 1.09 bits per heavy atom. The van der Waals surface area contributed by atoms with E-state index in [0.29, 0.717) is 16.5 Å². The van der Waals surface area contributed by atoms with Crippen LogP contribution in [0.5, 0.6) is 0 Å². The molecule has 0 radical (unpaired) electrons. The molecule has 3 aromatic rings. The van der Waals surface area contributed by atoms with Crippen molar-refractivity contribution in [1.82, 2.24) is 20.1 Å². The topological polar surface area (TPSA) is 88.9 Å². The summed E-state index contributed by atoms with van der Waals surface area (Å²) >= 11 is 3.59. The Labute approximate surface area is 218 Å². The number of carbonyl (C=O) groups excluding carboxylic acids is 2. The summed E-state index contributed by atoms with van der Waals surface area (Å²) in [5.74, 6) is 0.712. The van der Waals surface area contributed by atoms with Gasteiger partial charge in [0, 0.05) is 21.9 Å². The number of nitrogens with one attached hydrogen (secondary N) is 2. The van der Waals surface area contributed by atoms with Crippen LogP contribution in [0.1, 0.15) is 52.8 Å². The molecule has 2 amide bonds. The van der Waals surface area contributed by atoms with E-state index in [2.05, 4.69) is 43.4 Å². The number of nitrogens with zero attached hydrogens (tertiary/aromatic N) is 3. The molecule has 2 N–H and O–H groups in total. The summed E-state index contributed by atoms with van der Waals surface area (Å²) in [4.78, 5) is 25.5. The third-order valence-electron chi connectivity index (χ3n) is 5.47. The summed E-state index contributed by atoms with van der Waals surface area (Å²) < 4.78 is 2.99. The van der Waals surface area contributed by atoms with Crippen molar-refractivity contribution in [2.24, 2.45) is 13.0 Å². The maximum Gasteiger partial charge on any atom is 0.251 e. The van der Waals surface area contributed by atoms with Gasteiger partial charge in [0.25, 0.3) is 5.91 Å². The van der Waals surface area contributed by atoms with Gasteiger partial charge in [0.05, 0.1) is 11.8 Å². The van der Waals surface area contributed by atoms with Crippen LogP contribution in [-0.4, -0.2) is 32.3 Å². The van der Waals surface area contributed by atoms with Crippen molar-refractivity contribution in [3.05, 3.63) is 68.0 Å². The molecule has 2 aromatic carbocycles. The molecule has 0 aliphatic rings. The van der Waals surface area contributed by atoms with Gasteiger partial charge in [0.15, 0.2) is 11.0 Å². The minimum absolute atomic E-state index is 0.102. The molecule has 0 saturated heterocycles. The molecule has 0 aliphatic heterocycles. The number of carbonyl (C=O) groups is 2. The van der Waals surface area contributed by atoms with E-state index in [4.69, 9.17) is 0 Å². The molecule has 1 aromatic heterocycles. The van der Waals surface area contributed by atoms with Gasteiger partial charge < -0.3 is 15.2 Å². The maximum atomic E-state index is 12.8. The highest BCUT2D eigenvalue weighted by Crippen LogP contribution is 2.26. The van der Waals surface area contributed by atoms with E-state index in [1.165, 1.54) is 11.8 Å². The Morgan fingerprint density at radius 3 is 2.38 bits per heavy atom. The quantitative estimate of drug-likeness (QED) is 0.278. The average Bonchev–Trinajstić information content (AvgIpc) is 3.12. The van der Waals surface area contributed by atoms with E-state index in [-0.39, 0.29) is 29.5 Å². The average molecular weight is 592 g/mol. The van der Waals surface area contributed by atoms with Gasteiger partial charge in [-0.25, -0.2) is 0 Å². The maximum absolute atomic E-state index is 12.8. The van der Waals surface area contributed by atoms with E-state index in [1.54, 1.807) is 6.07 Å². The molecule has 34 heavy (non-hydrogen) atoms. The minimum Gasteiger partial charge on any atom is -0.342 e. The molecule has 7 nitrogen and oxygen atoms in total.